The highest BCUT2D eigenvalue weighted by atomic mass is 79.9. The predicted molar refractivity (Wildman–Crippen MR) is 112 cm³/mol. The standard InChI is InChI=1S/C20H16BrN3O3S/c1-27-15-8-2-12(3-9-15)10-17-19(26)24(14-6-4-13(21)5-7-14)20(28-17)16(11-22)18(23)25/h2-9,17H,10H2,1H3,(H2,23,25). The van der Waals surface area contributed by atoms with Crippen molar-refractivity contribution in [2.45, 2.75) is 11.7 Å². The molecule has 1 unspecified atom stereocenters. The van der Waals surface area contributed by atoms with Gasteiger partial charge in [0.25, 0.3) is 5.91 Å². The van der Waals surface area contributed by atoms with Crippen molar-refractivity contribution >= 4 is 45.2 Å². The van der Waals surface area contributed by atoms with Crippen LogP contribution in [0.2, 0.25) is 0 Å². The zero-order chi connectivity index (χ0) is 20.3. The van der Waals surface area contributed by atoms with Gasteiger partial charge in [-0.2, -0.15) is 5.26 Å². The molecule has 2 aromatic carbocycles. The molecular formula is C20H16BrN3O3S. The number of methoxy groups -OCH3 is 1. The van der Waals surface area contributed by atoms with Gasteiger partial charge in [0.05, 0.1) is 12.4 Å². The zero-order valence-corrected chi connectivity index (χ0v) is 17.3. The lowest BCUT2D eigenvalue weighted by Gasteiger charge is -2.18. The maximum atomic E-state index is 13.1. The Kier molecular flexibility index (Phi) is 6.07. The minimum atomic E-state index is -0.856. The number of nitrogens with two attached hydrogens (primary N) is 1. The van der Waals surface area contributed by atoms with Gasteiger partial charge in [0.15, 0.2) is 0 Å². The van der Waals surface area contributed by atoms with E-state index in [0.29, 0.717) is 12.1 Å². The number of thioether (sulfide) groups is 1. The third-order valence-corrected chi connectivity index (χ3v) is 5.98. The van der Waals surface area contributed by atoms with E-state index >= 15 is 0 Å². The first-order valence-corrected chi connectivity index (χ1v) is 9.95. The first kappa shape index (κ1) is 20.0. The smallest absolute Gasteiger partial charge is 0.262 e. The first-order valence-electron chi connectivity index (χ1n) is 8.28. The molecule has 142 valence electrons. The van der Waals surface area contributed by atoms with Crippen molar-refractivity contribution in [3.05, 3.63) is 69.2 Å². The Hall–Kier alpha value is -2.76. The summed E-state index contributed by atoms with van der Waals surface area (Å²) in [4.78, 5) is 26.3. The highest BCUT2D eigenvalue weighted by molar-refractivity contribution is 9.10. The Bertz CT molecular complexity index is 981. The molecule has 2 N–H and O–H groups in total. The zero-order valence-electron chi connectivity index (χ0n) is 14.9. The van der Waals surface area contributed by atoms with Crippen LogP contribution < -0.4 is 15.4 Å². The Morgan fingerprint density at radius 1 is 1.25 bits per heavy atom. The molecule has 0 bridgehead atoms. The van der Waals surface area contributed by atoms with E-state index in [1.54, 1.807) is 31.4 Å². The van der Waals surface area contributed by atoms with Crippen molar-refractivity contribution in [1.29, 1.82) is 5.26 Å². The van der Waals surface area contributed by atoms with Crippen LogP contribution in [0.1, 0.15) is 5.56 Å². The normalized spacial score (nSPS) is 18.0. The van der Waals surface area contributed by atoms with E-state index in [4.69, 9.17) is 10.5 Å². The monoisotopic (exact) mass is 457 g/mol. The van der Waals surface area contributed by atoms with Crippen LogP contribution in [0.15, 0.2) is 63.6 Å². The molecule has 8 heteroatoms. The van der Waals surface area contributed by atoms with E-state index < -0.39 is 11.2 Å². The minimum Gasteiger partial charge on any atom is -0.497 e. The number of anilines is 1. The summed E-state index contributed by atoms with van der Waals surface area (Å²) < 4.78 is 6.01. The van der Waals surface area contributed by atoms with Gasteiger partial charge < -0.3 is 10.5 Å². The number of hydrogen-bond donors (Lipinski definition) is 1. The van der Waals surface area contributed by atoms with Gasteiger partial charge >= 0.3 is 0 Å². The summed E-state index contributed by atoms with van der Waals surface area (Å²) in [7, 11) is 1.59. The maximum absolute atomic E-state index is 13.1. The van der Waals surface area contributed by atoms with Crippen LogP contribution in [-0.4, -0.2) is 24.2 Å². The van der Waals surface area contributed by atoms with E-state index in [-0.39, 0.29) is 16.5 Å². The molecule has 2 amide bonds. The average Bonchev–Trinajstić information content (AvgIpc) is 2.99. The van der Waals surface area contributed by atoms with E-state index in [0.717, 1.165) is 15.8 Å². The van der Waals surface area contributed by atoms with Gasteiger partial charge in [-0.05, 0) is 48.4 Å². The van der Waals surface area contributed by atoms with E-state index in [1.165, 1.54) is 16.7 Å². The molecule has 0 spiro atoms. The molecule has 3 rings (SSSR count). The van der Waals surface area contributed by atoms with Gasteiger partial charge in [-0.25, -0.2) is 0 Å². The number of primary amides is 1. The van der Waals surface area contributed by atoms with Crippen molar-refractivity contribution in [2.75, 3.05) is 12.0 Å². The topological polar surface area (TPSA) is 96.4 Å². The van der Waals surface area contributed by atoms with Gasteiger partial charge in [-0.15, -0.1) is 0 Å². The fourth-order valence-electron chi connectivity index (χ4n) is 2.80. The summed E-state index contributed by atoms with van der Waals surface area (Å²) in [6, 6.07) is 16.3. The fraction of sp³-hybridized carbons (Fsp3) is 0.150. The van der Waals surface area contributed by atoms with E-state index in [9.17, 15) is 14.9 Å². The second kappa shape index (κ2) is 8.50. The Morgan fingerprint density at radius 3 is 2.43 bits per heavy atom. The Morgan fingerprint density at radius 2 is 1.89 bits per heavy atom. The van der Waals surface area contributed by atoms with Gasteiger partial charge in [-0.3, -0.25) is 14.5 Å². The molecular weight excluding hydrogens is 442 g/mol. The molecule has 1 fully saturated rings. The Labute approximate surface area is 175 Å². The van der Waals surface area contributed by atoms with Crippen LogP contribution in [-0.2, 0) is 16.0 Å². The van der Waals surface area contributed by atoms with Crippen molar-refractivity contribution in [3.8, 4) is 11.8 Å². The molecule has 0 radical (unpaired) electrons. The van der Waals surface area contributed by atoms with Crippen LogP contribution in [0, 0.1) is 11.3 Å². The number of nitriles is 1. The van der Waals surface area contributed by atoms with E-state index in [2.05, 4.69) is 15.9 Å². The van der Waals surface area contributed by atoms with Crippen LogP contribution in [0.25, 0.3) is 0 Å². The number of benzene rings is 2. The number of rotatable bonds is 5. The summed E-state index contributed by atoms with van der Waals surface area (Å²) in [5.74, 6) is -0.330. The number of amides is 2. The lowest BCUT2D eigenvalue weighted by atomic mass is 10.1. The molecule has 1 aliphatic rings. The summed E-state index contributed by atoms with van der Waals surface area (Å²) in [6.45, 7) is 0. The van der Waals surface area contributed by atoms with Gasteiger partial charge in [0, 0.05) is 10.2 Å². The van der Waals surface area contributed by atoms with E-state index in [1.807, 2.05) is 30.3 Å². The van der Waals surface area contributed by atoms with Crippen molar-refractivity contribution in [3.63, 3.8) is 0 Å². The SMILES string of the molecule is COc1ccc(CC2SC(=C(C#N)C(N)=O)N(c3ccc(Br)cc3)C2=O)cc1. The molecule has 28 heavy (non-hydrogen) atoms. The van der Waals surface area contributed by atoms with Crippen LogP contribution in [0.4, 0.5) is 5.69 Å². The second-order valence-corrected chi connectivity index (χ2v) is 8.07. The lowest BCUT2D eigenvalue weighted by molar-refractivity contribution is -0.117. The lowest BCUT2D eigenvalue weighted by Crippen LogP contribution is -2.31. The molecule has 2 aromatic rings. The molecule has 6 nitrogen and oxygen atoms in total. The molecule has 1 heterocycles. The molecule has 1 saturated heterocycles. The van der Waals surface area contributed by atoms with Crippen molar-refractivity contribution in [1.82, 2.24) is 0 Å². The quantitative estimate of drug-likeness (QED) is 0.548. The van der Waals surface area contributed by atoms with Crippen molar-refractivity contribution in [2.24, 2.45) is 5.73 Å². The van der Waals surface area contributed by atoms with Crippen LogP contribution in [0.5, 0.6) is 5.75 Å². The number of nitrogens with zero attached hydrogens (tertiary/aromatic N) is 2. The second-order valence-electron chi connectivity index (χ2n) is 5.96. The van der Waals surface area contributed by atoms with Gasteiger partial charge in [0.1, 0.15) is 22.4 Å². The number of hydrogen-bond acceptors (Lipinski definition) is 5. The number of carbonyl (C=O) groups excluding carboxylic acids is 2. The minimum absolute atomic E-state index is 0.202. The third-order valence-electron chi connectivity index (χ3n) is 4.19. The predicted octanol–water partition coefficient (Wildman–Crippen LogP) is 3.37. The highest BCUT2D eigenvalue weighted by Gasteiger charge is 2.40. The number of carbonyl (C=O) groups is 2. The molecule has 0 aliphatic carbocycles. The highest BCUT2D eigenvalue weighted by Crippen LogP contribution is 2.42. The largest absolute Gasteiger partial charge is 0.497 e. The van der Waals surface area contributed by atoms with Gasteiger partial charge in [-0.1, -0.05) is 39.8 Å². The Balaban J connectivity index is 1.98. The summed E-state index contributed by atoms with van der Waals surface area (Å²) >= 11 is 4.54. The third kappa shape index (κ3) is 4.06. The van der Waals surface area contributed by atoms with Gasteiger partial charge in [0.2, 0.25) is 5.91 Å². The molecule has 1 aliphatic heterocycles. The maximum Gasteiger partial charge on any atom is 0.262 e. The first-order chi connectivity index (χ1) is 13.4. The number of ether oxygens (including phenoxy) is 1. The molecule has 0 aromatic heterocycles. The molecule has 1 atom stereocenters. The average molecular weight is 458 g/mol. The summed E-state index contributed by atoms with van der Waals surface area (Å²) in [5.41, 5.74) is 6.67. The fourth-order valence-corrected chi connectivity index (χ4v) is 4.38. The number of halogens is 1. The van der Waals surface area contributed by atoms with Crippen LogP contribution >= 0.6 is 27.7 Å². The van der Waals surface area contributed by atoms with Crippen LogP contribution in [0.3, 0.4) is 0 Å². The molecule has 0 saturated carbocycles. The summed E-state index contributed by atoms with van der Waals surface area (Å²) in [5, 5.41) is 9.19. The summed E-state index contributed by atoms with van der Waals surface area (Å²) in [6.07, 6.45) is 0.446. The van der Waals surface area contributed by atoms with Crippen molar-refractivity contribution < 1.29 is 14.3 Å².